The molecule has 1 saturated heterocycles. The molecule has 1 aliphatic carbocycles. The van der Waals surface area contributed by atoms with Crippen LogP contribution in [0.15, 0.2) is 12.2 Å². The molecular formula is C14H26N2. The summed E-state index contributed by atoms with van der Waals surface area (Å²) in [6.07, 6.45) is 11.4. The lowest BCUT2D eigenvalue weighted by Crippen LogP contribution is -2.36. The monoisotopic (exact) mass is 222 g/mol. The van der Waals surface area contributed by atoms with Crippen LogP contribution in [0.3, 0.4) is 0 Å². The van der Waals surface area contributed by atoms with E-state index in [4.69, 9.17) is 0 Å². The van der Waals surface area contributed by atoms with Crippen LogP contribution < -0.4 is 5.32 Å². The first-order valence-electron chi connectivity index (χ1n) is 6.89. The highest BCUT2D eigenvalue weighted by atomic mass is 15.1. The van der Waals surface area contributed by atoms with Crippen molar-refractivity contribution in [3.8, 4) is 0 Å². The van der Waals surface area contributed by atoms with Gasteiger partial charge in [-0.2, -0.15) is 0 Å². The lowest BCUT2D eigenvalue weighted by Gasteiger charge is -2.29. The van der Waals surface area contributed by atoms with E-state index in [1.807, 2.05) is 0 Å². The largest absolute Gasteiger partial charge is 0.316 e. The van der Waals surface area contributed by atoms with Crippen molar-refractivity contribution in [1.82, 2.24) is 10.2 Å². The Morgan fingerprint density at radius 3 is 2.50 bits per heavy atom. The topological polar surface area (TPSA) is 15.3 Å². The summed E-state index contributed by atoms with van der Waals surface area (Å²) in [5.74, 6) is 1.83. The third-order valence-electron chi connectivity index (χ3n) is 4.08. The van der Waals surface area contributed by atoms with E-state index in [9.17, 15) is 0 Å². The molecule has 1 fully saturated rings. The van der Waals surface area contributed by atoms with Crippen molar-refractivity contribution in [2.24, 2.45) is 11.8 Å². The Bertz CT molecular complexity index is 217. The first-order valence-corrected chi connectivity index (χ1v) is 6.89. The number of hydrogen-bond donors (Lipinski definition) is 1. The van der Waals surface area contributed by atoms with Gasteiger partial charge in [-0.25, -0.2) is 0 Å². The van der Waals surface area contributed by atoms with Crippen LogP contribution >= 0.6 is 0 Å². The standard InChI is InChI=1S/C14H26N2/c1-16-9-7-14(8-10-16)12-15-11-13-5-3-2-4-6-13/h2-3,13-15H,4-12H2,1H3. The van der Waals surface area contributed by atoms with Gasteiger partial charge in [0.2, 0.25) is 0 Å². The number of likely N-dealkylation sites (tertiary alicyclic amines) is 1. The van der Waals surface area contributed by atoms with E-state index in [0.29, 0.717) is 0 Å². The molecule has 1 N–H and O–H groups in total. The molecule has 0 aromatic heterocycles. The fourth-order valence-corrected chi connectivity index (χ4v) is 2.80. The van der Waals surface area contributed by atoms with Gasteiger partial charge in [0.25, 0.3) is 0 Å². The van der Waals surface area contributed by atoms with Crippen LogP contribution in [0.4, 0.5) is 0 Å². The maximum Gasteiger partial charge on any atom is -0.00173 e. The summed E-state index contributed by atoms with van der Waals surface area (Å²) in [5.41, 5.74) is 0. The minimum absolute atomic E-state index is 0.899. The van der Waals surface area contributed by atoms with Crippen molar-refractivity contribution in [3.63, 3.8) is 0 Å². The Hall–Kier alpha value is -0.340. The molecule has 0 saturated carbocycles. The highest BCUT2D eigenvalue weighted by Crippen LogP contribution is 2.18. The molecular weight excluding hydrogens is 196 g/mol. The van der Waals surface area contributed by atoms with Crippen molar-refractivity contribution in [3.05, 3.63) is 12.2 Å². The van der Waals surface area contributed by atoms with E-state index in [1.54, 1.807) is 0 Å². The average Bonchev–Trinajstić information content (AvgIpc) is 2.33. The van der Waals surface area contributed by atoms with Gasteiger partial charge in [0, 0.05) is 0 Å². The van der Waals surface area contributed by atoms with Crippen LogP contribution in [-0.4, -0.2) is 38.1 Å². The lowest BCUT2D eigenvalue weighted by molar-refractivity contribution is 0.214. The summed E-state index contributed by atoms with van der Waals surface area (Å²) in [4.78, 5) is 2.45. The molecule has 1 aliphatic heterocycles. The summed E-state index contributed by atoms with van der Waals surface area (Å²) < 4.78 is 0. The minimum Gasteiger partial charge on any atom is -0.316 e. The molecule has 2 rings (SSSR count). The number of nitrogens with zero attached hydrogens (tertiary/aromatic N) is 1. The zero-order chi connectivity index (χ0) is 11.2. The molecule has 0 bridgehead atoms. The molecule has 0 aromatic rings. The highest BCUT2D eigenvalue weighted by molar-refractivity contribution is 4.90. The van der Waals surface area contributed by atoms with E-state index in [1.165, 1.54) is 58.3 Å². The van der Waals surface area contributed by atoms with Crippen molar-refractivity contribution < 1.29 is 0 Å². The SMILES string of the molecule is CN1CCC(CNCC2CC=CCC2)CC1. The van der Waals surface area contributed by atoms with Gasteiger partial charge >= 0.3 is 0 Å². The van der Waals surface area contributed by atoms with Gasteiger partial charge in [0.1, 0.15) is 0 Å². The molecule has 2 heteroatoms. The number of rotatable bonds is 4. The second-order valence-corrected chi connectivity index (χ2v) is 5.56. The molecule has 1 unspecified atom stereocenters. The Balaban J connectivity index is 1.55. The molecule has 0 amide bonds. The number of nitrogens with one attached hydrogen (secondary N) is 1. The molecule has 16 heavy (non-hydrogen) atoms. The molecule has 2 nitrogen and oxygen atoms in total. The minimum atomic E-state index is 0.899. The van der Waals surface area contributed by atoms with Gasteiger partial charge < -0.3 is 10.2 Å². The molecule has 0 radical (unpaired) electrons. The van der Waals surface area contributed by atoms with Gasteiger partial charge in [-0.05, 0) is 77.2 Å². The van der Waals surface area contributed by atoms with E-state index in [0.717, 1.165) is 11.8 Å². The average molecular weight is 222 g/mol. The number of piperidine rings is 1. The number of hydrogen-bond acceptors (Lipinski definition) is 2. The van der Waals surface area contributed by atoms with Crippen LogP contribution in [0.25, 0.3) is 0 Å². The zero-order valence-corrected chi connectivity index (χ0v) is 10.6. The van der Waals surface area contributed by atoms with E-state index >= 15 is 0 Å². The molecule has 0 aromatic carbocycles. The molecule has 1 heterocycles. The van der Waals surface area contributed by atoms with Crippen molar-refractivity contribution in [2.45, 2.75) is 32.1 Å². The Morgan fingerprint density at radius 1 is 1.06 bits per heavy atom. The van der Waals surface area contributed by atoms with Gasteiger partial charge in [0.15, 0.2) is 0 Å². The van der Waals surface area contributed by atoms with Crippen molar-refractivity contribution in [1.29, 1.82) is 0 Å². The fourth-order valence-electron chi connectivity index (χ4n) is 2.80. The summed E-state index contributed by atoms with van der Waals surface area (Å²) in [6, 6.07) is 0. The normalized spacial score (nSPS) is 28.4. The first-order chi connectivity index (χ1) is 7.84. The number of allylic oxidation sites excluding steroid dienone is 2. The second-order valence-electron chi connectivity index (χ2n) is 5.56. The molecule has 92 valence electrons. The highest BCUT2D eigenvalue weighted by Gasteiger charge is 2.16. The zero-order valence-electron chi connectivity index (χ0n) is 10.6. The van der Waals surface area contributed by atoms with E-state index in [-0.39, 0.29) is 0 Å². The van der Waals surface area contributed by atoms with E-state index in [2.05, 4.69) is 29.4 Å². The maximum atomic E-state index is 3.69. The third-order valence-corrected chi connectivity index (χ3v) is 4.08. The molecule has 1 atom stereocenters. The summed E-state index contributed by atoms with van der Waals surface area (Å²) in [5, 5.41) is 3.69. The van der Waals surface area contributed by atoms with Crippen LogP contribution in [0, 0.1) is 11.8 Å². The Kier molecular flexibility index (Phi) is 4.86. The van der Waals surface area contributed by atoms with Gasteiger partial charge in [-0.3, -0.25) is 0 Å². The van der Waals surface area contributed by atoms with E-state index < -0.39 is 0 Å². The summed E-state index contributed by atoms with van der Waals surface area (Å²) in [7, 11) is 2.23. The predicted octanol–water partition coefficient (Wildman–Crippen LogP) is 2.27. The van der Waals surface area contributed by atoms with Crippen molar-refractivity contribution in [2.75, 3.05) is 33.2 Å². The van der Waals surface area contributed by atoms with Crippen LogP contribution in [-0.2, 0) is 0 Å². The third kappa shape index (κ3) is 3.91. The Morgan fingerprint density at radius 2 is 1.81 bits per heavy atom. The van der Waals surface area contributed by atoms with Crippen LogP contribution in [0.5, 0.6) is 0 Å². The van der Waals surface area contributed by atoms with Gasteiger partial charge in [0.05, 0.1) is 0 Å². The lowest BCUT2D eigenvalue weighted by atomic mass is 9.93. The van der Waals surface area contributed by atoms with Crippen molar-refractivity contribution >= 4 is 0 Å². The quantitative estimate of drug-likeness (QED) is 0.734. The summed E-state index contributed by atoms with van der Waals surface area (Å²) in [6.45, 7) is 5.06. The van der Waals surface area contributed by atoms with Gasteiger partial charge in [-0.1, -0.05) is 12.2 Å². The van der Waals surface area contributed by atoms with Crippen LogP contribution in [0.2, 0.25) is 0 Å². The molecule has 0 spiro atoms. The molecule has 2 aliphatic rings. The maximum absolute atomic E-state index is 3.69. The van der Waals surface area contributed by atoms with Gasteiger partial charge in [-0.15, -0.1) is 0 Å². The fraction of sp³-hybridized carbons (Fsp3) is 0.857. The smallest absolute Gasteiger partial charge is 0.00173 e. The predicted molar refractivity (Wildman–Crippen MR) is 69.6 cm³/mol. The van der Waals surface area contributed by atoms with Crippen LogP contribution in [0.1, 0.15) is 32.1 Å². The summed E-state index contributed by atoms with van der Waals surface area (Å²) >= 11 is 0. The first kappa shape index (κ1) is 12.1. The second kappa shape index (κ2) is 6.41. The Labute approximate surface area is 100 Å².